The van der Waals surface area contributed by atoms with Crippen molar-refractivity contribution >= 4 is 31.9 Å². The third-order valence-corrected chi connectivity index (χ3v) is 9.15. The minimum Gasteiger partial charge on any atom is -0.351 e. The molecule has 2 amide bonds. The Labute approximate surface area is 235 Å². The predicted octanol–water partition coefficient (Wildman–Crippen LogP) is 2.27. The van der Waals surface area contributed by atoms with Gasteiger partial charge in [-0.15, -0.1) is 0 Å². The zero-order valence-corrected chi connectivity index (χ0v) is 24.4. The van der Waals surface area contributed by atoms with Crippen LogP contribution in [0.3, 0.4) is 0 Å². The third kappa shape index (κ3) is 8.71. The van der Waals surface area contributed by atoms with Crippen molar-refractivity contribution in [1.29, 1.82) is 0 Å². The second kappa shape index (κ2) is 13.2. The Morgan fingerprint density at radius 3 is 1.32 bits per heavy atom. The van der Waals surface area contributed by atoms with E-state index in [1.54, 1.807) is 48.5 Å². The maximum absolute atomic E-state index is 12.5. The van der Waals surface area contributed by atoms with Crippen molar-refractivity contribution in [2.75, 3.05) is 0 Å². The number of hydrogen-bond acceptors (Lipinski definition) is 6. The summed E-state index contributed by atoms with van der Waals surface area (Å²) in [7, 11) is -7.71. The van der Waals surface area contributed by atoms with E-state index in [-0.39, 0.29) is 22.9 Å². The van der Waals surface area contributed by atoms with Crippen LogP contribution in [0.2, 0.25) is 0 Å². The molecule has 2 atom stereocenters. The van der Waals surface area contributed by atoms with E-state index in [0.717, 1.165) is 22.3 Å². The Bertz CT molecular complexity index is 1440. The van der Waals surface area contributed by atoms with Gasteiger partial charge < -0.3 is 10.6 Å². The summed E-state index contributed by atoms with van der Waals surface area (Å²) < 4.78 is 54.9. The molecule has 0 aliphatic carbocycles. The van der Waals surface area contributed by atoms with E-state index in [1.807, 2.05) is 13.8 Å². The molecule has 40 heavy (non-hydrogen) atoms. The summed E-state index contributed by atoms with van der Waals surface area (Å²) in [5.74, 6) is -0.992. The number of amides is 2. The Morgan fingerprint density at radius 2 is 0.975 bits per heavy atom. The van der Waals surface area contributed by atoms with Crippen molar-refractivity contribution < 1.29 is 26.4 Å². The van der Waals surface area contributed by atoms with E-state index >= 15 is 0 Å². The number of rotatable bonds is 12. The molecule has 0 unspecified atom stereocenters. The molecular formula is C28H34N4O6S2. The maximum Gasteiger partial charge on any atom is 0.241 e. The molecule has 0 heterocycles. The largest absolute Gasteiger partial charge is 0.351 e. The number of sulfonamides is 2. The van der Waals surface area contributed by atoms with Crippen LogP contribution in [-0.4, -0.2) is 40.7 Å². The summed E-state index contributed by atoms with van der Waals surface area (Å²) in [5, 5.41) is 5.41. The van der Waals surface area contributed by atoms with Crippen molar-refractivity contribution in [1.82, 2.24) is 20.1 Å². The van der Waals surface area contributed by atoms with Crippen LogP contribution in [0.1, 0.15) is 36.1 Å². The van der Waals surface area contributed by atoms with Crippen LogP contribution < -0.4 is 20.1 Å². The topological polar surface area (TPSA) is 151 Å². The summed E-state index contributed by atoms with van der Waals surface area (Å²) >= 11 is 0. The van der Waals surface area contributed by atoms with Gasteiger partial charge in [-0.25, -0.2) is 16.8 Å². The molecule has 3 rings (SSSR count). The summed E-state index contributed by atoms with van der Waals surface area (Å²) in [5.41, 5.74) is 3.32. The molecule has 0 radical (unpaired) electrons. The van der Waals surface area contributed by atoms with Crippen LogP contribution >= 0.6 is 0 Å². The molecule has 12 heteroatoms. The van der Waals surface area contributed by atoms with E-state index in [0.29, 0.717) is 0 Å². The lowest BCUT2D eigenvalue weighted by Gasteiger charge is -2.16. The van der Waals surface area contributed by atoms with E-state index < -0.39 is 43.9 Å². The lowest BCUT2D eigenvalue weighted by Crippen LogP contribution is -2.44. The number of hydrogen-bond donors (Lipinski definition) is 4. The van der Waals surface area contributed by atoms with Crippen LogP contribution in [0.15, 0.2) is 82.6 Å². The normalized spacial score (nSPS) is 13.3. The van der Waals surface area contributed by atoms with Gasteiger partial charge in [0, 0.05) is 13.1 Å². The molecule has 10 nitrogen and oxygen atoms in total. The van der Waals surface area contributed by atoms with Gasteiger partial charge >= 0.3 is 0 Å². The predicted molar refractivity (Wildman–Crippen MR) is 152 cm³/mol. The van der Waals surface area contributed by atoms with Crippen molar-refractivity contribution in [3.8, 4) is 0 Å². The molecule has 0 saturated carbocycles. The molecule has 0 aliphatic heterocycles. The van der Waals surface area contributed by atoms with Gasteiger partial charge in [-0.1, -0.05) is 59.7 Å². The summed E-state index contributed by atoms with van der Waals surface area (Å²) in [6.45, 7) is 6.90. The first-order valence-corrected chi connectivity index (χ1v) is 15.5. The molecule has 3 aromatic rings. The maximum atomic E-state index is 12.5. The fourth-order valence-electron chi connectivity index (χ4n) is 3.68. The van der Waals surface area contributed by atoms with Crippen LogP contribution in [0.4, 0.5) is 0 Å². The lowest BCUT2D eigenvalue weighted by atomic mass is 10.1. The number of carbonyl (C=O) groups is 2. The molecular weight excluding hydrogens is 552 g/mol. The van der Waals surface area contributed by atoms with Crippen LogP contribution in [0.25, 0.3) is 0 Å². The van der Waals surface area contributed by atoms with Crippen LogP contribution in [-0.2, 0) is 42.7 Å². The van der Waals surface area contributed by atoms with Gasteiger partial charge in [0.15, 0.2) is 0 Å². The van der Waals surface area contributed by atoms with Crippen molar-refractivity contribution in [3.63, 3.8) is 0 Å². The summed E-state index contributed by atoms with van der Waals surface area (Å²) in [6, 6.07) is 17.7. The minimum absolute atomic E-state index is 0.0739. The standard InChI is InChI=1S/C28H34N4O6S2/c1-19-8-12-25(13-9-19)39(35,36)31-21(3)27(33)29-17-23-6-5-7-24(16-23)18-30-28(34)22(4)32-40(37,38)26-14-10-20(2)11-15-26/h5-16,21-22,31-32H,17-18H2,1-4H3,(H,29,33)(H,30,34)/t21-,22-/m0/s1. The van der Waals surface area contributed by atoms with Gasteiger partial charge in [-0.3, -0.25) is 9.59 Å². The minimum atomic E-state index is -3.86. The number of nitrogens with one attached hydrogen (secondary N) is 4. The fourth-order valence-corrected chi connectivity index (χ4v) is 6.08. The molecule has 4 N–H and O–H groups in total. The number of benzene rings is 3. The zero-order chi connectivity index (χ0) is 29.5. The van der Waals surface area contributed by atoms with Gasteiger partial charge in [-0.2, -0.15) is 9.44 Å². The van der Waals surface area contributed by atoms with Gasteiger partial charge in [0.05, 0.1) is 21.9 Å². The molecule has 0 bridgehead atoms. The monoisotopic (exact) mass is 586 g/mol. The van der Waals surface area contributed by atoms with Gasteiger partial charge in [0.25, 0.3) is 0 Å². The average molecular weight is 587 g/mol. The second-order valence-electron chi connectivity index (χ2n) is 9.57. The van der Waals surface area contributed by atoms with Crippen molar-refractivity contribution in [3.05, 3.63) is 95.1 Å². The Hall–Kier alpha value is -3.58. The van der Waals surface area contributed by atoms with Gasteiger partial charge in [0.2, 0.25) is 31.9 Å². The Morgan fingerprint density at radius 1 is 0.625 bits per heavy atom. The Kier molecular flexibility index (Phi) is 10.2. The summed E-state index contributed by atoms with van der Waals surface area (Å²) in [6.07, 6.45) is 0. The highest BCUT2D eigenvalue weighted by Crippen LogP contribution is 2.12. The highest BCUT2D eigenvalue weighted by atomic mass is 32.2. The van der Waals surface area contributed by atoms with E-state index in [9.17, 15) is 26.4 Å². The SMILES string of the molecule is Cc1ccc(S(=O)(=O)N[C@@H](C)C(=O)NCc2cccc(CNC(=O)[C@H](C)NS(=O)(=O)c3ccc(C)cc3)c2)cc1. The van der Waals surface area contributed by atoms with Crippen LogP contribution in [0.5, 0.6) is 0 Å². The Balaban J connectivity index is 1.50. The molecule has 214 valence electrons. The van der Waals surface area contributed by atoms with Gasteiger partial charge in [0.1, 0.15) is 0 Å². The highest BCUT2D eigenvalue weighted by molar-refractivity contribution is 7.89. The number of aryl methyl sites for hydroxylation is 2. The van der Waals surface area contributed by atoms with Gasteiger partial charge in [-0.05, 0) is 63.1 Å². The molecule has 0 saturated heterocycles. The smallest absolute Gasteiger partial charge is 0.241 e. The third-order valence-electron chi connectivity index (χ3n) is 6.04. The molecule has 0 fully saturated rings. The molecule has 0 aliphatic rings. The number of carbonyl (C=O) groups excluding carboxylic acids is 2. The summed E-state index contributed by atoms with van der Waals surface area (Å²) in [4.78, 5) is 25.2. The van der Waals surface area contributed by atoms with Crippen LogP contribution in [0, 0.1) is 13.8 Å². The first-order chi connectivity index (χ1) is 18.8. The molecule has 3 aromatic carbocycles. The highest BCUT2D eigenvalue weighted by Gasteiger charge is 2.23. The van der Waals surface area contributed by atoms with Crippen molar-refractivity contribution in [2.45, 2.75) is 62.7 Å². The lowest BCUT2D eigenvalue weighted by molar-refractivity contribution is -0.123. The molecule has 0 aromatic heterocycles. The van der Waals surface area contributed by atoms with E-state index in [2.05, 4.69) is 20.1 Å². The first-order valence-electron chi connectivity index (χ1n) is 12.6. The van der Waals surface area contributed by atoms with E-state index in [1.165, 1.54) is 38.1 Å². The average Bonchev–Trinajstić information content (AvgIpc) is 2.90. The fraction of sp³-hybridized carbons (Fsp3) is 0.286. The first kappa shape index (κ1) is 31.0. The molecule has 0 spiro atoms. The van der Waals surface area contributed by atoms with E-state index in [4.69, 9.17) is 0 Å². The second-order valence-corrected chi connectivity index (χ2v) is 13.0. The van der Waals surface area contributed by atoms with Crippen molar-refractivity contribution in [2.24, 2.45) is 0 Å². The quantitative estimate of drug-likeness (QED) is 0.256. The zero-order valence-electron chi connectivity index (χ0n) is 22.8.